The van der Waals surface area contributed by atoms with Gasteiger partial charge in [-0.2, -0.15) is 0 Å². The lowest BCUT2D eigenvalue weighted by atomic mass is 9.95. The quantitative estimate of drug-likeness (QED) is 0.739. The first-order valence-electron chi connectivity index (χ1n) is 9.57. The minimum absolute atomic E-state index is 0.0161. The van der Waals surface area contributed by atoms with Crippen molar-refractivity contribution in [3.05, 3.63) is 52.0 Å². The Morgan fingerprint density at radius 3 is 2.82 bits per heavy atom. The number of benzene rings is 1. The first-order valence-corrected chi connectivity index (χ1v) is 9.57. The molecule has 4 heterocycles. The highest BCUT2D eigenvalue weighted by atomic mass is 16.5. The van der Waals surface area contributed by atoms with Crippen LogP contribution in [0.3, 0.4) is 0 Å². The van der Waals surface area contributed by atoms with Crippen LogP contribution >= 0.6 is 0 Å². The molecule has 0 radical (unpaired) electrons. The highest BCUT2D eigenvalue weighted by molar-refractivity contribution is 5.95. The molecule has 1 saturated heterocycles. The summed E-state index contributed by atoms with van der Waals surface area (Å²) in [5.74, 6) is 2.22. The summed E-state index contributed by atoms with van der Waals surface area (Å²) in [5, 5.41) is 12.4. The predicted octanol–water partition coefficient (Wildman–Crippen LogP) is 1.59. The molecule has 0 unspecified atom stereocenters. The molecule has 144 valence electrons. The SMILES string of the molecule is O=C(c1cccc(-c2noc(=O)[nH]2)c1)N1CCC(c2nnc3n2CCC3)CC1. The minimum Gasteiger partial charge on any atom is -0.339 e. The fraction of sp³-hybridized carbons (Fsp3) is 0.421. The van der Waals surface area contributed by atoms with Crippen LogP contribution in [0.25, 0.3) is 11.4 Å². The first kappa shape index (κ1) is 16.9. The summed E-state index contributed by atoms with van der Waals surface area (Å²) >= 11 is 0. The van der Waals surface area contributed by atoms with E-state index < -0.39 is 5.76 Å². The van der Waals surface area contributed by atoms with Crippen LogP contribution in [0.2, 0.25) is 0 Å². The van der Waals surface area contributed by atoms with E-state index in [1.165, 1.54) is 0 Å². The molecular formula is C19H20N6O3. The number of fused-ring (bicyclic) bond motifs is 1. The Kier molecular flexibility index (Phi) is 4.07. The molecule has 28 heavy (non-hydrogen) atoms. The summed E-state index contributed by atoms with van der Waals surface area (Å²) in [6, 6.07) is 7.07. The van der Waals surface area contributed by atoms with Gasteiger partial charge in [0.05, 0.1) is 0 Å². The monoisotopic (exact) mass is 380 g/mol. The molecule has 2 aliphatic heterocycles. The fourth-order valence-electron chi connectivity index (χ4n) is 4.15. The number of hydrogen-bond acceptors (Lipinski definition) is 6. The number of rotatable bonds is 3. The second kappa shape index (κ2) is 6.74. The Morgan fingerprint density at radius 2 is 2.04 bits per heavy atom. The molecule has 0 spiro atoms. The van der Waals surface area contributed by atoms with Crippen LogP contribution in [0, 0.1) is 0 Å². The number of carbonyl (C=O) groups excluding carboxylic acids is 1. The zero-order chi connectivity index (χ0) is 19.1. The van der Waals surface area contributed by atoms with Crippen molar-refractivity contribution in [1.82, 2.24) is 29.8 Å². The number of aromatic amines is 1. The number of nitrogens with zero attached hydrogens (tertiary/aromatic N) is 5. The number of nitrogens with one attached hydrogen (secondary N) is 1. The maximum Gasteiger partial charge on any atom is 0.439 e. The van der Waals surface area contributed by atoms with Crippen molar-refractivity contribution in [3.8, 4) is 11.4 Å². The van der Waals surface area contributed by atoms with E-state index in [1.54, 1.807) is 24.3 Å². The van der Waals surface area contributed by atoms with Crippen molar-refractivity contribution in [2.24, 2.45) is 0 Å². The molecule has 9 heteroatoms. The summed E-state index contributed by atoms with van der Waals surface area (Å²) in [7, 11) is 0. The van der Waals surface area contributed by atoms with E-state index in [-0.39, 0.29) is 5.91 Å². The Bertz CT molecular complexity index is 1070. The van der Waals surface area contributed by atoms with E-state index >= 15 is 0 Å². The van der Waals surface area contributed by atoms with Crippen LogP contribution in [0.4, 0.5) is 0 Å². The highest BCUT2D eigenvalue weighted by Gasteiger charge is 2.29. The molecule has 1 aromatic carbocycles. The molecule has 0 atom stereocenters. The average molecular weight is 380 g/mol. The molecule has 5 rings (SSSR count). The Morgan fingerprint density at radius 1 is 1.18 bits per heavy atom. The summed E-state index contributed by atoms with van der Waals surface area (Å²) in [4.78, 5) is 28.5. The Hall–Kier alpha value is -3.23. The number of aryl methyl sites for hydroxylation is 1. The van der Waals surface area contributed by atoms with Crippen molar-refractivity contribution < 1.29 is 9.32 Å². The zero-order valence-electron chi connectivity index (χ0n) is 15.3. The van der Waals surface area contributed by atoms with Crippen molar-refractivity contribution >= 4 is 5.91 Å². The summed E-state index contributed by atoms with van der Waals surface area (Å²) < 4.78 is 6.80. The van der Waals surface area contributed by atoms with Gasteiger partial charge in [-0.25, -0.2) is 4.79 Å². The van der Waals surface area contributed by atoms with Gasteiger partial charge in [0.25, 0.3) is 5.91 Å². The predicted molar refractivity (Wildman–Crippen MR) is 98.8 cm³/mol. The second-order valence-corrected chi connectivity index (χ2v) is 7.32. The average Bonchev–Trinajstić information content (AvgIpc) is 3.45. The molecule has 1 amide bonds. The lowest BCUT2D eigenvalue weighted by molar-refractivity contribution is 0.0710. The van der Waals surface area contributed by atoms with Gasteiger partial charge in [-0.15, -0.1) is 10.2 Å². The van der Waals surface area contributed by atoms with Crippen LogP contribution in [-0.2, 0) is 13.0 Å². The fourth-order valence-corrected chi connectivity index (χ4v) is 4.15. The summed E-state index contributed by atoms with van der Waals surface area (Å²) in [5.41, 5.74) is 1.22. The van der Waals surface area contributed by atoms with Crippen molar-refractivity contribution in [2.75, 3.05) is 13.1 Å². The zero-order valence-corrected chi connectivity index (χ0v) is 15.3. The van der Waals surface area contributed by atoms with Crippen LogP contribution in [0.1, 0.15) is 47.2 Å². The van der Waals surface area contributed by atoms with Crippen molar-refractivity contribution in [2.45, 2.75) is 38.1 Å². The van der Waals surface area contributed by atoms with Gasteiger partial charge < -0.3 is 9.47 Å². The van der Waals surface area contributed by atoms with E-state index in [1.807, 2.05) is 4.90 Å². The third kappa shape index (κ3) is 2.92. The topological polar surface area (TPSA) is 110 Å². The number of amides is 1. The number of H-pyrrole nitrogens is 1. The smallest absolute Gasteiger partial charge is 0.339 e. The molecule has 3 aromatic rings. The van der Waals surface area contributed by atoms with E-state index in [4.69, 9.17) is 0 Å². The molecule has 0 aliphatic carbocycles. The van der Waals surface area contributed by atoms with Gasteiger partial charge >= 0.3 is 5.76 Å². The number of carbonyl (C=O) groups is 1. The standard InChI is InChI=1S/C19H20N6O3/c26-18(14-4-1-3-13(11-14)16-20-19(27)28-23-16)24-9-6-12(7-10-24)17-22-21-15-5-2-8-25(15)17/h1,3-4,11-12H,2,5-10H2,(H,20,23,27). The van der Waals surface area contributed by atoms with Crippen LogP contribution in [-0.4, -0.2) is 48.8 Å². The van der Waals surface area contributed by atoms with E-state index in [9.17, 15) is 9.59 Å². The normalized spacial score (nSPS) is 17.1. The van der Waals surface area contributed by atoms with Crippen molar-refractivity contribution in [1.29, 1.82) is 0 Å². The van der Waals surface area contributed by atoms with Crippen LogP contribution in [0.5, 0.6) is 0 Å². The lowest BCUT2D eigenvalue weighted by Crippen LogP contribution is -2.38. The van der Waals surface area contributed by atoms with Gasteiger partial charge in [0.1, 0.15) is 11.6 Å². The summed E-state index contributed by atoms with van der Waals surface area (Å²) in [6.07, 6.45) is 3.93. The number of aromatic nitrogens is 5. The van der Waals surface area contributed by atoms with Gasteiger partial charge in [-0.3, -0.25) is 14.3 Å². The minimum atomic E-state index is -0.617. The van der Waals surface area contributed by atoms with Gasteiger partial charge in [0.15, 0.2) is 5.82 Å². The van der Waals surface area contributed by atoms with E-state index in [0.717, 1.165) is 43.9 Å². The first-order chi connectivity index (χ1) is 13.7. The van der Waals surface area contributed by atoms with Crippen LogP contribution in [0.15, 0.2) is 33.6 Å². The molecule has 1 N–H and O–H groups in total. The molecule has 0 bridgehead atoms. The lowest BCUT2D eigenvalue weighted by Gasteiger charge is -2.31. The molecular weight excluding hydrogens is 360 g/mol. The second-order valence-electron chi connectivity index (χ2n) is 7.32. The number of hydrogen-bond donors (Lipinski definition) is 1. The highest BCUT2D eigenvalue weighted by Crippen LogP contribution is 2.30. The molecule has 9 nitrogen and oxygen atoms in total. The van der Waals surface area contributed by atoms with Gasteiger partial charge in [-0.05, 0) is 31.4 Å². The summed E-state index contributed by atoms with van der Waals surface area (Å²) in [6.45, 7) is 2.39. The van der Waals surface area contributed by atoms with E-state index in [0.29, 0.717) is 36.0 Å². The maximum absolute atomic E-state index is 12.9. The number of piperidine rings is 1. The third-order valence-corrected chi connectivity index (χ3v) is 5.61. The van der Waals surface area contributed by atoms with Gasteiger partial charge in [-0.1, -0.05) is 17.3 Å². The molecule has 2 aliphatic rings. The molecule has 0 saturated carbocycles. The number of likely N-dealkylation sites (tertiary alicyclic amines) is 1. The van der Waals surface area contributed by atoms with E-state index in [2.05, 4.69) is 29.4 Å². The molecule has 2 aromatic heterocycles. The molecule has 1 fully saturated rings. The Labute approximate surface area is 160 Å². The maximum atomic E-state index is 12.9. The largest absolute Gasteiger partial charge is 0.439 e. The van der Waals surface area contributed by atoms with Gasteiger partial charge in [0.2, 0.25) is 0 Å². The Balaban J connectivity index is 1.29. The van der Waals surface area contributed by atoms with Crippen LogP contribution < -0.4 is 5.76 Å². The third-order valence-electron chi connectivity index (χ3n) is 5.61. The van der Waals surface area contributed by atoms with Crippen molar-refractivity contribution in [3.63, 3.8) is 0 Å². The van der Waals surface area contributed by atoms with Gasteiger partial charge in [0, 0.05) is 43.1 Å².